The molecule has 5 nitrogen and oxygen atoms in total. The molecule has 2 aromatic rings. The van der Waals surface area contributed by atoms with E-state index in [-0.39, 0.29) is 6.04 Å². The molecular formula is C19H25N3O2S. The maximum absolute atomic E-state index is 11.4. The second-order valence-electron chi connectivity index (χ2n) is 7.10. The van der Waals surface area contributed by atoms with Gasteiger partial charge in [-0.15, -0.1) is 0 Å². The highest BCUT2D eigenvalue weighted by atomic mass is 32.1. The first kappa shape index (κ1) is 17.9. The Morgan fingerprint density at radius 2 is 2.04 bits per heavy atom. The number of carboxylic acid groups (broad SMARTS) is 1. The second-order valence-corrected chi connectivity index (χ2v) is 7.46. The molecule has 0 aliphatic heterocycles. The van der Waals surface area contributed by atoms with Crippen molar-refractivity contribution in [3.8, 4) is 0 Å². The van der Waals surface area contributed by atoms with Crippen LogP contribution in [0.25, 0.3) is 0 Å². The highest BCUT2D eigenvalue weighted by molar-refractivity contribution is 7.71. The van der Waals surface area contributed by atoms with Gasteiger partial charge in [-0.05, 0) is 63.6 Å². The molecule has 2 atom stereocenters. The molecule has 0 amide bonds. The average molecular weight is 359 g/mol. The minimum atomic E-state index is -0.862. The van der Waals surface area contributed by atoms with E-state index in [1.807, 2.05) is 20.3 Å². The van der Waals surface area contributed by atoms with Crippen molar-refractivity contribution in [3.63, 3.8) is 0 Å². The molecule has 134 valence electrons. The summed E-state index contributed by atoms with van der Waals surface area (Å²) in [7, 11) is 4.03. The molecule has 0 radical (unpaired) electrons. The van der Waals surface area contributed by atoms with Gasteiger partial charge in [0.2, 0.25) is 0 Å². The fourth-order valence-corrected chi connectivity index (χ4v) is 4.13. The lowest BCUT2D eigenvalue weighted by molar-refractivity contribution is -0.140. The third kappa shape index (κ3) is 3.55. The highest BCUT2D eigenvalue weighted by Gasteiger charge is 2.25. The smallest absolute Gasteiger partial charge is 0.326 e. The number of fused-ring (bicyclic) bond motifs is 1. The lowest BCUT2D eigenvalue weighted by Crippen LogP contribution is -2.23. The molecule has 1 N–H and O–H groups in total. The summed E-state index contributed by atoms with van der Waals surface area (Å²) in [6.45, 7) is 2.42. The predicted molar refractivity (Wildman–Crippen MR) is 100 cm³/mol. The van der Waals surface area contributed by atoms with Crippen LogP contribution >= 0.6 is 12.2 Å². The zero-order chi connectivity index (χ0) is 18.1. The Hall–Kier alpha value is -1.92. The Balaban J connectivity index is 2.02. The van der Waals surface area contributed by atoms with Crippen LogP contribution in [-0.4, -0.2) is 39.2 Å². The second kappa shape index (κ2) is 7.14. The molecule has 25 heavy (non-hydrogen) atoms. The van der Waals surface area contributed by atoms with Gasteiger partial charge in [-0.25, -0.2) is 4.79 Å². The van der Waals surface area contributed by atoms with Crippen LogP contribution in [0, 0.1) is 4.77 Å². The molecular weight excluding hydrogens is 334 g/mol. The summed E-state index contributed by atoms with van der Waals surface area (Å²) in [4.78, 5) is 13.5. The van der Waals surface area contributed by atoms with E-state index >= 15 is 0 Å². The van der Waals surface area contributed by atoms with Gasteiger partial charge in [0.25, 0.3) is 0 Å². The third-order valence-corrected chi connectivity index (χ3v) is 5.37. The summed E-state index contributed by atoms with van der Waals surface area (Å²) in [5, 5.41) is 9.40. The van der Waals surface area contributed by atoms with Crippen LogP contribution in [0.3, 0.4) is 0 Å². The standard InChI is InChI=1S/C19H25N3O2S/c1-13(18(23)24)21-12-17(11-20(2)3)22(19(21)25)16-9-8-14-6-4-5-7-15(14)10-16/h4-7,12-13,16H,8-11H2,1-3H3,(H,23,24). The lowest BCUT2D eigenvalue weighted by atomic mass is 9.88. The molecule has 1 aromatic carbocycles. The van der Waals surface area contributed by atoms with Crippen LogP contribution in [0.1, 0.15) is 42.2 Å². The maximum Gasteiger partial charge on any atom is 0.326 e. The van der Waals surface area contributed by atoms with Crippen LogP contribution in [0.15, 0.2) is 30.5 Å². The van der Waals surface area contributed by atoms with Gasteiger partial charge in [-0.3, -0.25) is 0 Å². The number of aryl methyl sites for hydroxylation is 1. The SMILES string of the molecule is CC(C(=O)O)n1cc(CN(C)C)n(C2CCc3ccccc3C2)c1=S. The molecule has 0 spiro atoms. The van der Waals surface area contributed by atoms with Crippen molar-refractivity contribution in [2.75, 3.05) is 14.1 Å². The summed E-state index contributed by atoms with van der Waals surface area (Å²) in [5.41, 5.74) is 3.86. The van der Waals surface area contributed by atoms with Crippen molar-refractivity contribution in [2.24, 2.45) is 0 Å². The molecule has 0 saturated carbocycles. The molecule has 0 bridgehead atoms. The van der Waals surface area contributed by atoms with Gasteiger partial charge < -0.3 is 19.1 Å². The predicted octanol–water partition coefficient (Wildman–Crippen LogP) is 3.46. The normalized spacial score (nSPS) is 18.2. The fraction of sp³-hybridized carbons (Fsp3) is 0.474. The van der Waals surface area contributed by atoms with Crippen molar-refractivity contribution in [3.05, 3.63) is 52.1 Å². The summed E-state index contributed by atoms with van der Waals surface area (Å²) >= 11 is 5.68. The first-order chi connectivity index (χ1) is 11.9. The van der Waals surface area contributed by atoms with E-state index in [2.05, 4.69) is 33.7 Å². The number of carbonyl (C=O) groups is 1. The number of aromatic nitrogens is 2. The largest absolute Gasteiger partial charge is 0.480 e. The van der Waals surface area contributed by atoms with Crippen LogP contribution in [-0.2, 0) is 24.2 Å². The lowest BCUT2D eigenvalue weighted by Gasteiger charge is -2.28. The molecule has 3 rings (SSSR count). The number of aliphatic carboxylic acids is 1. The number of nitrogens with zero attached hydrogens (tertiary/aromatic N) is 3. The van der Waals surface area contributed by atoms with Crippen LogP contribution in [0.5, 0.6) is 0 Å². The van der Waals surface area contributed by atoms with Crippen molar-refractivity contribution in [1.82, 2.24) is 14.0 Å². The van der Waals surface area contributed by atoms with Crippen molar-refractivity contribution in [2.45, 2.75) is 44.8 Å². The van der Waals surface area contributed by atoms with E-state index < -0.39 is 12.0 Å². The Labute approximate surface area is 153 Å². The molecule has 1 aliphatic carbocycles. The number of hydrogen-bond donors (Lipinski definition) is 1. The first-order valence-electron chi connectivity index (χ1n) is 8.65. The third-order valence-electron chi connectivity index (χ3n) is 4.96. The minimum absolute atomic E-state index is 0.277. The zero-order valence-electron chi connectivity index (χ0n) is 15.0. The van der Waals surface area contributed by atoms with Crippen molar-refractivity contribution in [1.29, 1.82) is 0 Å². The van der Waals surface area contributed by atoms with Crippen LogP contribution in [0.4, 0.5) is 0 Å². The van der Waals surface area contributed by atoms with Crippen LogP contribution < -0.4 is 0 Å². The summed E-state index contributed by atoms with van der Waals surface area (Å²) in [6, 6.07) is 8.17. The Morgan fingerprint density at radius 3 is 2.68 bits per heavy atom. The van der Waals surface area contributed by atoms with Gasteiger partial charge in [-0.2, -0.15) is 0 Å². The molecule has 1 heterocycles. The number of benzene rings is 1. The van der Waals surface area contributed by atoms with Gasteiger partial charge in [0.15, 0.2) is 4.77 Å². The highest BCUT2D eigenvalue weighted by Crippen LogP contribution is 2.31. The average Bonchev–Trinajstić information content (AvgIpc) is 2.89. The Morgan fingerprint density at radius 1 is 1.36 bits per heavy atom. The van der Waals surface area contributed by atoms with Gasteiger partial charge in [-0.1, -0.05) is 24.3 Å². The van der Waals surface area contributed by atoms with Crippen molar-refractivity contribution < 1.29 is 9.90 Å². The monoisotopic (exact) mass is 359 g/mol. The molecule has 2 unspecified atom stereocenters. The molecule has 1 aromatic heterocycles. The number of imidazole rings is 1. The van der Waals surface area contributed by atoms with E-state index in [1.54, 1.807) is 11.5 Å². The van der Waals surface area contributed by atoms with Gasteiger partial charge in [0, 0.05) is 18.8 Å². The Kier molecular flexibility index (Phi) is 5.11. The fourth-order valence-electron chi connectivity index (χ4n) is 3.65. The number of rotatable bonds is 5. The maximum atomic E-state index is 11.4. The summed E-state index contributed by atoms with van der Waals surface area (Å²) in [5.74, 6) is -0.862. The Bertz CT molecular complexity index is 837. The molecule has 0 fully saturated rings. The van der Waals surface area contributed by atoms with Gasteiger partial charge in [0.05, 0.1) is 5.69 Å². The number of carboxylic acids is 1. The molecule has 6 heteroatoms. The quantitative estimate of drug-likeness (QED) is 0.831. The van der Waals surface area contributed by atoms with Gasteiger partial charge in [0.1, 0.15) is 6.04 Å². The first-order valence-corrected chi connectivity index (χ1v) is 9.06. The van der Waals surface area contributed by atoms with Gasteiger partial charge >= 0.3 is 5.97 Å². The minimum Gasteiger partial charge on any atom is -0.480 e. The van der Waals surface area contributed by atoms with E-state index in [0.717, 1.165) is 31.5 Å². The van der Waals surface area contributed by atoms with E-state index in [4.69, 9.17) is 12.2 Å². The molecule has 1 aliphatic rings. The van der Waals surface area contributed by atoms with E-state index in [0.29, 0.717) is 4.77 Å². The zero-order valence-corrected chi connectivity index (χ0v) is 15.8. The van der Waals surface area contributed by atoms with Crippen molar-refractivity contribution >= 4 is 18.2 Å². The summed E-state index contributed by atoms with van der Waals surface area (Å²) in [6.07, 6.45) is 4.92. The molecule has 0 saturated heterocycles. The number of hydrogen-bond acceptors (Lipinski definition) is 3. The van der Waals surface area contributed by atoms with E-state index in [9.17, 15) is 9.90 Å². The van der Waals surface area contributed by atoms with Crippen LogP contribution in [0.2, 0.25) is 0 Å². The summed E-state index contributed by atoms with van der Waals surface area (Å²) < 4.78 is 4.51. The topological polar surface area (TPSA) is 50.4 Å². The van der Waals surface area contributed by atoms with E-state index in [1.165, 1.54) is 11.1 Å².